The molecule has 0 atom stereocenters. The highest BCUT2D eigenvalue weighted by molar-refractivity contribution is 7.22. The molecule has 0 radical (unpaired) electrons. The lowest BCUT2D eigenvalue weighted by Gasteiger charge is -2.14. The second kappa shape index (κ2) is 8.51. The molecule has 8 heteroatoms. The number of aromatic nitrogens is 3. The maximum Gasteiger partial charge on any atom is 0.337 e. The summed E-state index contributed by atoms with van der Waals surface area (Å²) in [7, 11) is 1.62. The summed E-state index contributed by atoms with van der Waals surface area (Å²) in [6.45, 7) is 6.06. The van der Waals surface area contributed by atoms with Crippen molar-refractivity contribution in [2.75, 3.05) is 25.1 Å². The van der Waals surface area contributed by atoms with Gasteiger partial charge in [-0.25, -0.2) is 14.3 Å². The van der Waals surface area contributed by atoms with Crippen molar-refractivity contribution in [1.82, 2.24) is 14.1 Å². The standard InChI is InChI=1S/C25H26N4O3S/c1-16-8-6-11-20(17(16)2)29-23(30)21-22(26-24(33-21)27-12-4-5-13-27)28(25(29)31)15-18-9-7-10-19(14-18)32-3/h6-11,14H,4-5,12-13,15H2,1-3H3. The first kappa shape index (κ1) is 21.5. The van der Waals surface area contributed by atoms with Crippen LogP contribution in [0, 0.1) is 13.8 Å². The van der Waals surface area contributed by atoms with E-state index in [2.05, 4.69) is 4.90 Å². The van der Waals surface area contributed by atoms with Crippen molar-refractivity contribution in [2.24, 2.45) is 0 Å². The van der Waals surface area contributed by atoms with Gasteiger partial charge in [-0.15, -0.1) is 0 Å². The first-order valence-corrected chi connectivity index (χ1v) is 11.9. The molecule has 0 unspecified atom stereocenters. The van der Waals surface area contributed by atoms with E-state index in [0.717, 1.165) is 53.5 Å². The number of fused-ring (bicyclic) bond motifs is 1. The van der Waals surface area contributed by atoms with Crippen molar-refractivity contribution in [3.8, 4) is 11.4 Å². The van der Waals surface area contributed by atoms with Gasteiger partial charge >= 0.3 is 5.69 Å². The summed E-state index contributed by atoms with van der Waals surface area (Å²) in [6, 6.07) is 13.3. The fourth-order valence-corrected chi connectivity index (χ4v) is 5.41. The molecule has 0 N–H and O–H groups in total. The number of hydrogen-bond donors (Lipinski definition) is 0. The fraction of sp³-hybridized carbons (Fsp3) is 0.320. The molecule has 1 fully saturated rings. The van der Waals surface area contributed by atoms with Gasteiger partial charge in [0.05, 0.1) is 19.3 Å². The van der Waals surface area contributed by atoms with Gasteiger partial charge in [-0.05, 0) is 61.6 Å². The zero-order chi connectivity index (χ0) is 23.1. The predicted octanol–water partition coefficient (Wildman–Crippen LogP) is 3.88. The SMILES string of the molecule is COc1cccc(Cn2c(=O)n(-c3cccc(C)c3C)c(=O)c3sc(N4CCCC4)nc32)c1. The summed E-state index contributed by atoms with van der Waals surface area (Å²) < 4.78 is 8.78. The van der Waals surface area contributed by atoms with E-state index in [1.165, 1.54) is 15.9 Å². The molecular formula is C25H26N4O3S. The van der Waals surface area contributed by atoms with Crippen molar-refractivity contribution in [2.45, 2.75) is 33.2 Å². The monoisotopic (exact) mass is 462 g/mol. The molecule has 2 aromatic carbocycles. The van der Waals surface area contributed by atoms with Crippen LogP contribution in [0.25, 0.3) is 16.0 Å². The Bertz CT molecular complexity index is 1460. The molecule has 5 rings (SSSR count). The highest BCUT2D eigenvalue weighted by Gasteiger charge is 2.23. The van der Waals surface area contributed by atoms with Gasteiger partial charge in [0, 0.05) is 13.1 Å². The van der Waals surface area contributed by atoms with Gasteiger partial charge in [0.2, 0.25) is 0 Å². The number of ether oxygens (including phenoxy) is 1. The highest BCUT2D eigenvalue weighted by atomic mass is 32.1. The Balaban J connectivity index is 1.78. The fourth-order valence-electron chi connectivity index (χ4n) is 4.35. The van der Waals surface area contributed by atoms with Crippen LogP contribution in [-0.4, -0.2) is 34.3 Å². The number of benzene rings is 2. The number of anilines is 1. The lowest BCUT2D eigenvalue weighted by atomic mass is 10.1. The third-order valence-electron chi connectivity index (χ3n) is 6.34. The van der Waals surface area contributed by atoms with Crippen molar-refractivity contribution in [1.29, 1.82) is 0 Å². The Hall–Kier alpha value is -3.39. The van der Waals surface area contributed by atoms with Gasteiger partial charge in [-0.2, -0.15) is 0 Å². The molecule has 1 aliphatic heterocycles. The van der Waals surface area contributed by atoms with Crippen LogP contribution in [0.4, 0.5) is 5.13 Å². The van der Waals surface area contributed by atoms with Crippen LogP contribution in [0.5, 0.6) is 5.75 Å². The number of nitrogens with zero attached hydrogens (tertiary/aromatic N) is 4. The molecule has 7 nitrogen and oxygen atoms in total. The van der Waals surface area contributed by atoms with E-state index in [1.807, 2.05) is 56.3 Å². The van der Waals surface area contributed by atoms with Crippen LogP contribution >= 0.6 is 11.3 Å². The van der Waals surface area contributed by atoms with Crippen LogP contribution in [0.1, 0.15) is 29.5 Å². The van der Waals surface area contributed by atoms with Gasteiger partial charge in [0.15, 0.2) is 10.8 Å². The van der Waals surface area contributed by atoms with Crippen LogP contribution in [0.15, 0.2) is 52.1 Å². The molecule has 0 amide bonds. The second-order valence-corrected chi connectivity index (χ2v) is 9.40. The molecule has 170 valence electrons. The average molecular weight is 463 g/mol. The quantitative estimate of drug-likeness (QED) is 0.450. The minimum atomic E-state index is -0.387. The van der Waals surface area contributed by atoms with Crippen LogP contribution in [-0.2, 0) is 6.54 Å². The lowest BCUT2D eigenvalue weighted by molar-refractivity contribution is 0.414. The van der Waals surface area contributed by atoms with Crippen molar-refractivity contribution in [3.63, 3.8) is 0 Å². The van der Waals surface area contributed by atoms with Gasteiger partial charge in [0.25, 0.3) is 5.56 Å². The molecule has 2 aromatic heterocycles. The number of methoxy groups -OCH3 is 1. The van der Waals surface area contributed by atoms with Crippen molar-refractivity contribution >= 4 is 26.8 Å². The Labute approximate surface area is 195 Å². The molecule has 3 heterocycles. The molecule has 33 heavy (non-hydrogen) atoms. The molecule has 0 aliphatic carbocycles. The van der Waals surface area contributed by atoms with Gasteiger partial charge in [-0.3, -0.25) is 9.36 Å². The smallest absolute Gasteiger partial charge is 0.337 e. The molecule has 4 aromatic rings. The minimum Gasteiger partial charge on any atom is -0.497 e. The maximum absolute atomic E-state index is 13.8. The van der Waals surface area contributed by atoms with E-state index in [4.69, 9.17) is 9.72 Å². The summed E-state index contributed by atoms with van der Waals surface area (Å²) in [5.41, 5.74) is 3.20. The minimum absolute atomic E-state index is 0.293. The lowest BCUT2D eigenvalue weighted by Crippen LogP contribution is -2.39. The van der Waals surface area contributed by atoms with Crippen molar-refractivity contribution < 1.29 is 4.74 Å². The maximum atomic E-state index is 13.8. The summed E-state index contributed by atoms with van der Waals surface area (Å²) in [5, 5.41) is 0.803. The van der Waals surface area contributed by atoms with E-state index in [9.17, 15) is 9.59 Å². The number of rotatable bonds is 5. The molecule has 1 saturated heterocycles. The zero-order valence-corrected chi connectivity index (χ0v) is 19.8. The summed E-state index contributed by atoms with van der Waals surface area (Å²) in [5.74, 6) is 0.718. The third-order valence-corrected chi connectivity index (χ3v) is 7.43. The molecule has 0 bridgehead atoms. The zero-order valence-electron chi connectivity index (χ0n) is 19.0. The van der Waals surface area contributed by atoms with Crippen LogP contribution < -0.4 is 20.9 Å². The van der Waals surface area contributed by atoms with Gasteiger partial charge in [0.1, 0.15) is 10.4 Å². The molecule has 0 saturated carbocycles. The normalized spacial score (nSPS) is 13.7. The van der Waals surface area contributed by atoms with Gasteiger partial charge < -0.3 is 9.64 Å². The first-order chi connectivity index (χ1) is 16.0. The van der Waals surface area contributed by atoms with E-state index in [-0.39, 0.29) is 11.2 Å². The van der Waals surface area contributed by atoms with Gasteiger partial charge in [-0.1, -0.05) is 35.6 Å². The second-order valence-electron chi connectivity index (χ2n) is 8.42. The predicted molar refractivity (Wildman–Crippen MR) is 132 cm³/mol. The Kier molecular flexibility index (Phi) is 5.54. The Morgan fingerprint density at radius 1 is 1.06 bits per heavy atom. The van der Waals surface area contributed by atoms with E-state index in [0.29, 0.717) is 22.6 Å². The number of hydrogen-bond acceptors (Lipinski definition) is 6. The average Bonchev–Trinajstić information content (AvgIpc) is 3.50. The van der Waals surface area contributed by atoms with E-state index < -0.39 is 0 Å². The summed E-state index contributed by atoms with van der Waals surface area (Å²) in [4.78, 5) is 34.4. The number of aryl methyl sites for hydroxylation is 1. The molecule has 0 spiro atoms. The van der Waals surface area contributed by atoms with E-state index in [1.54, 1.807) is 11.7 Å². The number of thiazole rings is 1. The third kappa shape index (κ3) is 3.74. The van der Waals surface area contributed by atoms with E-state index >= 15 is 0 Å². The summed E-state index contributed by atoms with van der Waals surface area (Å²) >= 11 is 1.38. The van der Waals surface area contributed by atoms with Crippen molar-refractivity contribution in [3.05, 3.63) is 80.0 Å². The molecular weight excluding hydrogens is 436 g/mol. The van der Waals surface area contributed by atoms with Crippen LogP contribution in [0.2, 0.25) is 0 Å². The largest absolute Gasteiger partial charge is 0.497 e. The highest BCUT2D eigenvalue weighted by Crippen LogP contribution is 2.29. The van der Waals surface area contributed by atoms with Crippen LogP contribution in [0.3, 0.4) is 0 Å². The molecule has 1 aliphatic rings. The first-order valence-electron chi connectivity index (χ1n) is 11.1. The Morgan fingerprint density at radius 2 is 1.82 bits per heavy atom. The summed E-state index contributed by atoms with van der Waals surface area (Å²) in [6.07, 6.45) is 2.22. The topological polar surface area (TPSA) is 69.4 Å². The Morgan fingerprint density at radius 3 is 2.58 bits per heavy atom.